The third-order valence-corrected chi connectivity index (χ3v) is 5.07. The largest absolute Gasteiger partial charge is 0.322 e. The number of anilines is 1. The van der Waals surface area contributed by atoms with Crippen LogP contribution >= 0.6 is 23.2 Å². The number of nitrogens with zero attached hydrogens (tertiary/aromatic N) is 4. The molecule has 0 atom stereocenters. The summed E-state index contributed by atoms with van der Waals surface area (Å²) in [6.07, 6.45) is 2.78. The number of carbonyl (C=O) groups excluding carboxylic acids is 1. The molecule has 0 aliphatic carbocycles. The third kappa shape index (κ3) is 3.62. The zero-order chi connectivity index (χ0) is 20.5. The molecule has 4 aromatic rings. The number of hydrogen-bond acceptors (Lipinski definition) is 4. The highest BCUT2D eigenvalue weighted by atomic mass is 35.5. The van der Waals surface area contributed by atoms with Crippen molar-refractivity contribution in [3.63, 3.8) is 0 Å². The molecule has 0 aliphatic heterocycles. The van der Waals surface area contributed by atoms with Gasteiger partial charge in [-0.2, -0.15) is 5.10 Å². The van der Waals surface area contributed by atoms with Gasteiger partial charge in [0.1, 0.15) is 18.3 Å². The Morgan fingerprint density at radius 2 is 1.83 bits per heavy atom. The van der Waals surface area contributed by atoms with Gasteiger partial charge in [-0.15, -0.1) is 0 Å². The van der Waals surface area contributed by atoms with E-state index in [9.17, 15) is 9.59 Å². The Labute approximate surface area is 175 Å². The molecule has 29 heavy (non-hydrogen) atoms. The Hall–Kier alpha value is -3.16. The summed E-state index contributed by atoms with van der Waals surface area (Å²) in [7, 11) is 0. The van der Waals surface area contributed by atoms with Crippen LogP contribution in [0.1, 0.15) is 5.56 Å². The fourth-order valence-electron chi connectivity index (χ4n) is 2.99. The number of para-hydroxylation sites is 2. The number of benzene rings is 2. The molecule has 7 nitrogen and oxygen atoms in total. The molecule has 0 radical (unpaired) electrons. The quantitative estimate of drug-likeness (QED) is 0.536. The van der Waals surface area contributed by atoms with Gasteiger partial charge in [0.15, 0.2) is 5.65 Å². The predicted octanol–water partition coefficient (Wildman–Crippen LogP) is 3.84. The second kappa shape index (κ2) is 7.69. The van der Waals surface area contributed by atoms with Crippen LogP contribution in [-0.2, 0) is 11.3 Å². The van der Waals surface area contributed by atoms with E-state index in [1.54, 1.807) is 22.9 Å². The smallest absolute Gasteiger partial charge is 0.264 e. The monoisotopic (exact) mass is 427 g/mol. The molecule has 4 rings (SSSR count). The van der Waals surface area contributed by atoms with E-state index in [0.29, 0.717) is 26.8 Å². The molecule has 2 aromatic heterocycles. The number of amides is 1. The lowest BCUT2D eigenvalue weighted by Gasteiger charge is -2.10. The molecule has 9 heteroatoms. The van der Waals surface area contributed by atoms with Crippen molar-refractivity contribution in [1.82, 2.24) is 19.3 Å². The molecule has 1 N–H and O–H groups in total. The summed E-state index contributed by atoms with van der Waals surface area (Å²) in [6.45, 7) is 1.72. The molecule has 146 valence electrons. The van der Waals surface area contributed by atoms with Crippen LogP contribution in [0.5, 0.6) is 0 Å². The first-order valence-electron chi connectivity index (χ1n) is 8.69. The van der Waals surface area contributed by atoms with Crippen molar-refractivity contribution in [2.24, 2.45) is 0 Å². The molecular formula is C20H15Cl2N5O2. The van der Waals surface area contributed by atoms with Gasteiger partial charge in [-0.05, 0) is 30.7 Å². The minimum absolute atomic E-state index is 0.237. The first-order valence-corrected chi connectivity index (χ1v) is 9.44. The summed E-state index contributed by atoms with van der Waals surface area (Å²) in [5.74, 6) is -0.449. The van der Waals surface area contributed by atoms with E-state index < -0.39 is 5.91 Å². The third-order valence-electron chi connectivity index (χ3n) is 4.44. The Bertz CT molecular complexity index is 1280. The van der Waals surface area contributed by atoms with Crippen LogP contribution in [0.4, 0.5) is 5.69 Å². The first kappa shape index (κ1) is 19.2. The van der Waals surface area contributed by atoms with E-state index >= 15 is 0 Å². The fraction of sp³-hybridized carbons (Fsp3) is 0.100. The van der Waals surface area contributed by atoms with Crippen molar-refractivity contribution in [2.75, 3.05) is 5.32 Å². The van der Waals surface area contributed by atoms with Gasteiger partial charge < -0.3 is 5.32 Å². The second-order valence-electron chi connectivity index (χ2n) is 6.40. The maximum absolute atomic E-state index is 12.8. The highest BCUT2D eigenvalue weighted by Gasteiger charge is 2.15. The molecule has 0 fully saturated rings. The molecule has 2 aromatic carbocycles. The molecule has 0 bridgehead atoms. The van der Waals surface area contributed by atoms with Crippen molar-refractivity contribution in [2.45, 2.75) is 13.5 Å². The number of halogens is 2. The van der Waals surface area contributed by atoms with Crippen molar-refractivity contribution in [1.29, 1.82) is 0 Å². The van der Waals surface area contributed by atoms with Gasteiger partial charge in [0, 0.05) is 0 Å². The zero-order valence-corrected chi connectivity index (χ0v) is 16.8. The van der Waals surface area contributed by atoms with E-state index in [1.807, 2.05) is 31.2 Å². The standard InChI is InChI=1S/C20H15Cl2N5O2/c1-12-5-2-3-8-16(12)27-19-13(9-24-27)20(29)26(11-23-19)10-17(28)25-18-14(21)6-4-7-15(18)22/h2-9,11H,10H2,1H3,(H,25,28). The minimum Gasteiger partial charge on any atom is -0.322 e. The lowest BCUT2D eigenvalue weighted by Crippen LogP contribution is -2.28. The minimum atomic E-state index is -0.449. The summed E-state index contributed by atoms with van der Waals surface area (Å²) in [6, 6.07) is 12.6. The maximum Gasteiger partial charge on any atom is 0.264 e. The topological polar surface area (TPSA) is 81.8 Å². The number of aryl methyl sites for hydroxylation is 1. The lowest BCUT2D eigenvalue weighted by molar-refractivity contribution is -0.116. The van der Waals surface area contributed by atoms with Crippen LogP contribution in [0.25, 0.3) is 16.7 Å². The molecule has 0 saturated heterocycles. The van der Waals surface area contributed by atoms with Gasteiger partial charge in [0.05, 0.1) is 27.6 Å². The van der Waals surface area contributed by atoms with Gasteiger partial charge in [0.25, 0.3) is 5.56 Å². The molecular weight excluding hydrogens is 413 g/mol. The number of aromatic nitrogens is 4. The molecule has 2 heterocycles. The number of fused-ring (bicyclic) bond motifs is 1. The fourth-order valence-corrected chi connectivity index (χ4v) is 3.48. The number of nitrogens with one attached hydrogen (secondary N) is 1. The van der Waals surface area contributed by atoms with Crippen LogP contribution < -0.4 is 10.9 Å². The normalized spacial score (nSPS) is 11.0. The van der Waals surface area contributed by atoms with E-state index in [-0.39, 0.29) is 12.1 Å². The zero-order valence-electron chi connectivity index (χ0n) is 15.3. The summed E-state index contributed by atoms with van der Waals surface area (Å²) in [4.78, 5) is 29.6. The van der Waals surface area contributed by atoms with E-state index in [4.69, 9.17) is 23.2 Å². The SMILES string of the molecule is Cc1ccccc1-n1ncc2c(=O)n(CC(=O)Nc3c(Cl)cccc3Cl)cnc21. The highest BCUT2D eigenvalue weighted by molar-refractivity contribution is 6.39. The highest BCUT2D eigenvalue weighted by Crippen LogP contribution is 2.29. The number of carbonyl (C=O) groups is 1. The van der Waals surface area contributed by atoms with Gasteiger partial charge in [0.2, 0.25) is 5.91 Å². The van der Waals surface area contributed by atoms with E-state index in [2.05, 4.69) is 15.4 Å². The average Bonchev–Trinajstić information content (AvgIpc) is 3.12. The Morgan fingerprint density at radius 1 is 1.10 bits per heavy atom. The van der Waals surface area contributed by atoms with Crippen molar-refractivity contribution in [3.05, 3.63) is 81.0 Å². The summed E-state index contributed by atoms with van der Waals surface area (Å²) >= 11 is 12.1. The van der Waals surface area contributed by atoms with E-state index in [0.717, 1.165) is 11.3 Å². The first-order chi connectivity index (χ1) is 14.0. The van der Waals surface area contributed by atoms with Crippen molar-refractivity contribution in [3.8, 4) is 5.69 Å². The van der Waals surface area contributed by atoms with Crippen LogP contribution in [-0.4, -0.2) is 25.2 Å². The average molecular weight is 428 g/mol. The molecule has 0 spiro atoms. The van der Waals surface area contributed by atoms with Gasteiger partial charge in [-0.25, -0.2) is 9.67 Å². The summed E-state index contributed by atoms with van der Waals surface area (Å²) in [5, 5.41) is 7.87. The van der Waals surface area contributed by atoms with Gasteiger partial charge in [-0.1, -0.05) is 47.5 Å². The summed E-state index contributed by atoms with van der Waals surface area (Å²) < 4.78 is 2.83. The van der Waals surface area contributed by atoms with E-state index in [1.165, 1.54) is 17.1 Å². The second-order valence-corrected chi connectivity index (χ2v) is 7.22. The Kier molecular flexibility index (Phi) is 5.08. The lowest BCUT2D eigenvalue weighted by atomic mass is 10.2. The van der Waals surface area contributed by atoms with Crippen molar-refractivity contribution >= 4 is 45.8 Å². The maximum atomic E-state index is 12.8. The van der Waals surface area contributed by atoms with Crippen LogP contribution in [0.3, 0.4) is 0 Å². The van der Waals surface area contributed by atoms with Crippen LogP contribution in [0, 0.1) is 6.92 Å². The predicted molar refractivity (Wildman–Crippen MR) is 113 cm³/mol. The molecule has 0 aliphatic rings. The van der Waals surface area contributed by atoms with Crippen molar-refractivity contribution < 1.29 is 4.79 Å². The van der Waals surface area contributed by atoms with Crippen LogP contribution in [0.15, 0.2) is 59.8 Å². The molecule has 0 saturated carbocycles. The number of hydrogen-bond donors (Lipinski definition) is 1. The van der Waals surface area contributed by atoms with Crippen LogP contribution in [0.2, 0.25) is 10.0 Å². The molecule has 0 unspecified atom stereocenters. The number of rotatable bonds is 4. The van der Waals surface area contributed by atoms with Gasteiger partial charge in [-0.3, -0.25) is 14.2 Å². The summed E-state index contributed by atoms with van der Waals surface area (Å²) in [5.41, 5.74) is 2.19. The molecule has 1 amide bonds. The Morgan fingerprint density at radius 3 is 2.55 bits per heavy atom. The van der Waals surface area contributed by atoms with Gasteiger partial charge >= 0.3 is 0 Å². The Balaban J connectivity index is 1.64.